The Morgan fingerprint density at radius 1 is 0.652 bits per heavy atom. The number of likely N-dealkylation sites (N-methyl/N-ethyl adjacent to an activating group) is 1. The van der Waals surface area contributed by atoms with Gasteiger partial charge in [-0.05, 0) is 110 Å². The molecule has 0 fully saturated rings. The van der Waals surface area contributed by atoms with Gasteiger partial charge in [-0.25, -0.2) is 0 Å². The van der Waals surface area contributed by atoms with Gasteiger partial charge in [0.15, 0.2) is 0 Å². The zero-order chi connectivity index (χ0) is 32.0. The van der Waals surface area contributed by atoms with Crippen molar-refractivity contribution in [2.75, 3.05) is 11.9 Å². The fourth-order valence-corrected chi connectivity index (χ4v) is 6.55. The molecule has 0 saturated carbocycles. The van der Waals surface area contributed by atoms with Crippen LogP contribution >= 0.6 is 0 Å². The Morgan fingerprint density at radius 2 is 1.30 bits per heavy atom. The van der Waals surface area contributed by atoms with E-state index < -0.39 is 0 Å². The van der Waals surface area contributed by atoms with Crippen LogP contribution in [0.4, 0.5) is 5.69 Å². The third-order valence-electron chi connectivity index (χ3n) is 8.96. The zero-order valence-corrected chi connectivity index (χ0v) is 27.7. The second-order valence-corrected chi connectivity index (χ2v) is 11.7. The number of benzene rings is 6. The summed E-state index contributed by atoms with van der Waals surface area (Å²) in [6, 6.07) is 47.0. The average Bonchev–Trinajstić information content (AvgIpc) is 3.12. The van der Waals surface area contributed by atoms with E-state index in [-0.39, 0.29) is 6.04 Å². The molecule has 1 aliphatic heterocycles. The maximum atomic E-state index is 2.47. The van der Waals surface area contributed by atoms with Crippen LogP contribution in [-0.4, -0.2) is 7.05 Å². The first-order valence-electron chi connectivity index (χ1n) is 16.6. The molecule has 46 heavy (non-hydrogen) atoms. The highest BCUT2D eigenvalue weighted by Gasteiger charge is 2.27. The van der Waals surface area contributed by atoms with Gasteiger partial charge < -0.3 is 4.90 Å². The predicted molar refractivity (Wildman–Crippen MR) is 202 cm³/mol. The minimum Gasteiger partial charge on any atom is -0.364 e. The topological polar surface area (TPSA) is 3.24 Å². The summed E-state index contributed by atoms with van der Waals surface area (Å²) in [4.78, 5) is 2.43. The van der Waals surface area contributed by atoms with E-state index in [4.69, 9.17) is 0 Å². The first-order valence-corrected chi connectivity index (χ1v) is 16.6. The largest absolute Gasteiger partial charge is 0.364 e. The molecule has 0 saturated heterocycles. The molecule has 7 rings (SSSR count). The van der Waals surface area contributed by atoms with Gasteiger partial charge in [0.1, 0.15) is 0 Å². The van der Waals surface area contributed by atoms with Gasteiger partial charge >= 0.3 is 0 Å². The fraction of sp³-hybridized carbons (Fsp3) is 0.156. The minimum atomic E-state index is 0.110. The van der Waals surface area contributed by atoms with Crippen molar-refractivity contribution in [3.63, 3.8) is 0 Å². The standard InChI is InChI=1S/C43H37N.C2H6/c1-4-6-12-30(5-2)33-17-11-18-38(26-33)40-29-43(39-22-20-32-14-8-10-16-35(32)27-39)44(3)42-24-23-37(28-41(40)42)36-21-19-31-13-7-9-15-34(31)25-36;1-2/h5-29,43H,4H2,1-3H3;1-2H3/b12-6-,30-5+;. The van der Waals surface area contributed by atoms with Crippen LogP contribution in [0.15, 0.2) is 152 Å². The van der Waals surface area contributed by atoms with E-state index >= 15 is 0 Å². The van der Waals surface area contributed by atoms with Crippen molar-refractivity contribution in [1.29, 1.82) is 0 Å². The lowest BCUT2D eigenvalue weighted by molar-refractivity contribution is 0.802. The van der Waals surface area contributed by atoms with E-state index in [1.54, 1.807) is 0 Å². The van der Waals surface area contributed by atoms with E-state index in [9.17, 15) is 0 Å². The van der Waals surface area contributed by atoms with Gasteiger partial charge in [-0.1, -0.05) is 136 Å². The van der Waals surface area contributed by atoms with Crippen LogP contribution in [0.25, 0.3) is 43.8 Å². The van der Waals surface area contributed by atoms with E-state index in [1.807, 2.05) is 13.8 Å². The van der Waals surface area contributed by atoms with Gasteiger partial charge in [0, 0.05) is 18.3 Å². The number of fused-ring (bicyclic) bond motifs is 3. The van der Waals surface area contributed by atoms with Crippen LogP contribution in [0.1, 0.15) is 62.4 Å². The Kier molecular flexibility index (Phi) is 9.31. The van der Waals surface area contributed by atoms with Crippen LogP contribution < -0.4 is 4.90 Å². The highest BCUT2D eigenvalue weighted by atomic mass is 15.1. The third kappa shape index (κ3) is 6.06. The summed E-state index contributed by atoms with van der Waals surface area (Å²) in [5, 5.41) is 5.07. The maximum absolute atomic E-state index is 2.47. The molecule has 0 amide bonds. The highest BCUT2D eigenvalue weighted by molar-refractivity contribution is 5.94. The first-order chi connectivity index (χ1) is 22.6. The van der Waals surface area contributed by atoms with E-state index in [0.717, 1.165) is 6.42 Å². The molecule has 0 spiro atoms. The van der Waals surface area contributed by atoms with Crippen LogP contribution in [0.2, 0.25) is 0 Å². The lowest BCUT2D eigenvalue weighted by Gasteiger charge is -2.36. The Balaban J connectivity index is 0.00000182. The van der Waals surface area contributed by atoms with Crippen LogP contribution in [0.5, 0.6) is 0 Å². The van der Waals surface area contributed by atoms with Gasteiger partial charge in [-0.15, -0.1) is 0 Å². The number of hydrogen-bond donors (Lipinski definition) is 0. The average molecular weight is 598 g/mol. The van der Waals surface area contributed by atoms with Crippen LogP contribution in [-0.2, 0) is 0 Å². The number of hydrogen-bond acceptors (Lipinski definition) is 1. The molecular formula is C45H43N. The first kappa shape index (κ1) is 30.9. The van der Waals surface area contributed by atoms with Crippen molar-refractivity contribution in [3.8, 4) is 11.1 Å². The molecule has 0 bridgehead atoms. The summed E-state index contributed by atoms with van der Waals surface area (Å²) in [5.41, 5.74) is 11.3. The lowest BCUT2D eigenvalue weighted by atomic mass is 9.85. The zero-order valence-electron chi connectivity index (χ0n) is 27.7. The molecule has 6 aromatic carbocycles. The molecule has 1 aliphatic rings. The summed E-state index contributed by atoms with van der Waals surface area (Å²) in [5.74, 6) is 0. The van der Waals surface area contributed by atoms with Crippen LogP contribution in [0.3, 0.4) is 0 Å². The molecule has 0 radical (unpaired) electrons. The Labute approximate surface area is 274 Å². The van der Waals surface area contributed by atoms with E-state index in [0.29, 0.717) is 0 Å². The molecule has 1 nitrogen and oxygen atoms in total. The quantitative estimate of drug-likeness (QED) is 0.173. The second kappa shape index (κ2) is 13.9. The summed E-state index contributed by atoms with van der Waals surface area (Å²) in [7, 11) is 2.23. The molecule has 0 aliphatic carbocycles. The predicted octanol–water partition coefficient (Wildman–Crippen LogP) is 12.7. The Bertz CT molecular complexity index is 2090. The molecule has 228 valence electrons. The molecule has 1 atom stereocenters. The van der Waals surface area contributed by atoms with Crippen molar-refractivity contribution in [1.82, 2.24) is 0 Å². The van der Waals surface area contributed by atoms with Gasteiger partial charge in [0.2, 0.25) is 0 Å². The number of rotatable bonds is 6. The van der Waals surface area contributed by atoms with Gasteiger partial charge in [-0.2, -0.15) is 0 Å². The van der Waals surface area contributed by atoms with Crippen molar-refractivity contribution >= 4 is 38.4 Å². The monoisotopic (exact) mass is 597 g/mol. The summed E-state index contributed by atoms with van der Waals surface area (Å²) in [6.07, 6.45) is 10.2. The fourth-order valence-electron chi connectivity index (χ4n) is 6.55. The van der Waals surface area contributed by atoms with Gasteiger partial charge in [0.25, 0.3) is 0 Å². The third-order valence-corrected chi connectivity index (χ3v) is 8.96. The molecule has 1 unspecified atom stereocenters. The second-order valence-electron chi connectivity index (χ2n) is 11.7. The molecule has 1 heteroatoms. The van der Waals surface area contributed by atoms with E-state index in [2.05, 4.69) is 177 Å². The van der Waals surface area contributed by atoms with Crippen molar-refractivity contribution in [2.24, 2.45) is 0 Å². The number of nitrogens with zero attached hydrogens (tertiary/aromatic N) is 1. The highest BCUT2D eigenvalue weighted by Crippen LogP contribution is 2.44. The smallest absolute Gasteiger partial charge is 0.0733 e. The van der Waals surface area contributed by atoms with Crippen molar-refractivity contribution < 1.29 is 0 Å². The summed E-state index contributed by atoms with van der Waals surface area (Å²) in [6.45, 7) is 8.30. The molecule has 0 N–H and O–H groups in total. The molecular weight excluding hydrogens is 555 g/mol. The molecule has 1 heterocycles. The summed E-state index contributed by atoms with van der Waals surface area (Å²) >= 11 is 0. The Hall–Kier alpha value is -5.14. The van der Waals surface area contributed by atoms with E-state index in [1.165, 1.54) is 71.8 Å². The van der Waals surface area contributed by atoms with Gasteiger partial charge in [0.05, 0.1) is 6.04 Å². The SMILES string of the molecule is C/C=C(\C=C/CC)c1cccc(C2=CC(c3ccc4ccccc4c3)N(C)c3ccc(-c4ccc5ccccc5c4)cc32)c1.CC. The van der Waals surface area contributed by atoms with Crippen molar-refractivity contribution in [2.45, 2.75) is 40.2 Å². The van der Waals surface area contributed by atoms with Gasteiger partial charge in [-0.3, -0.25) is 0 Å². The molecule has 6 aromatic rings. The number of allylic oxidation sites excluding steroid dienone is 4. The molecule has 0 aromatic heterocycles. The Morgan fingerprint density at radius 3 is 2.02 bits per heavy atom. The van der Waals surface area contributed by atoms with Crippen LogP contribution in [0, 0.1) is 0 Å². The minimum absolute atomic E-state index is 0.110. The summed E-state index contributed by atoms with van der Waals surface area (Å²) < 4.78 is 0. The van der Waals surface area contributed by atoms with Crippen molar-refractivity contribution in [3.05, 3.63) is 174 Å². The maximum Gasteiger partial charge on any atom is 0.0733 e. The normalized spacial score (nSPS) is 14.6. The lowest BCUT2D eigenvalue weighted by Crippen LogP contribution is -2.27. The number of anilines is 1.